The molecule has 2 heterocycles. The molecule has 0 unspecified atom stereocenters. The summed E-state index contributed by atoms with van der Waals surface area (Å²) in [7, 11) is 0. The van der Waals surface area contributed by atoms with Crippen molar-refractivity contribution in [2.24, 2.45) is 0 Å². The van der Waals surface area contributed by atoms with Crippen LogP contribution in [0.4, 0.5) is 5.13 Å². The smallest absolute Gasteiger partial charge is 0.339 e. The number of nitrogens with zero attached hydrogens (tertiary/aromatic N) is 1. The molecule has 1 aliphatic rings. The number of anilines is 1. The van der Waals surface area contributed by atoms with Gasteiger partial charge in [0.2, 0.25) is 0 Å². The van der Waals surface area contributed by atoms with E-state index in [0.717, 1.165) is 11.1 Å². The van der Waals surface area contributed by atoms with Crippen LogP contribution in [-0.4, -0.2) is 16.9 Å². The Kier molecular flexibility index (Phi) is 4.03. The summed E-state index contributed by atoms with van der Waals surface area (Å²) in [6.07, 6.45) is 1.84. The first-order valence-electron chi connectivity index (χ1n) is 7.80. The molecule has 1 amide bonds. The molecule has 5 nitrogen and oxygen atoms in total. The number of nitrogens with one attached hydrogen (secondary N) is 1. The molecule has 0 radical (unpaired) electrons. The minimum Gasteiger partial charge on any atom is -0.454 e. The third kappa shape index (κ3) is 3.16. The fourth-order valence-corrected chi connectivity index (χ4v) is 3.37. The van der Waals surface area contributed by atoms with Crippen molar-refractivity contribution in [3.63, 3.8) is 0 Å². The Bertz CT molecular complexity index is 923. The molecule has 0 saturated carbocycles. The molecule has 1 aliphatic heterocycles. The Morgan fingerprint density at radius 2 is 2.04 bits per heavy atom. The van der Waals surface area contributed by atoms with Gasteiger partial charge in [-0.05, 0) is 29.3 Å². The van der Waals surface area contributed by atoms with Crippen LogP contribution in [0.2, 0.25) is 0 Å². The monoisotopic (exact) mass is 350 g/mol. The summed E-state index contributed by atoms with van der Waals surface area (Å²) in [5.41, 5.74) is 2.77. The highest BCUT2D eigenvalue weighted by molar-refractivity contribution is 7.13. The number of thiazole rings is 1. The van der Waals surface area contributed by atoms with E-state index in [1.165, 1.54) is 11.3 Å². The molecule has 3 aromatic rings. The van der Waals surface area contributed by atoms with Gasteiger partial charge < -0.3 is 4.74 Å². The van der Waals surface area contributed by atoms with Crippen molar-refractivity contribution in [1.82, 2.24) is 4.98 Å². The number of carbonyl (C=O) groups excluding carboxylic acids is 2. The average molecular weight is 350 g/mol. The van der Waals surface area contributed by atoms with Crippen LogP contribution in [0.3, 0.4) is 0 Å². The van der Waals surface area contributed by atoms with Crippen LogP contribution < -0.4 is 5.32 Å². The average Bonchev–Trinajstić information content (AvgIpc) is 3.15. The van der Waals surface area contributed by atoms with Crippen LogP contribution in [0.25, 0.3) is 0 Å². The summed E-state index contributed by atoms with van der Waals surface area (Å²) in [5, 5.41) is 5.09. The number of benzene rings is 2. The lowest BCUT2D eigenvalue weighted by atomic mass is 9.93. The molecule has 0 bridgehead atoms. The van der Waals surface area contributed by atoms with Crippen molar-refractivity contribution in [3.05, 3.63) is 82.4 Å². The Morgan fingerprint density at radius 3 is 2.80 bits per heavy atom. The van der Waals surface area contributed by atoms with Crippen molar-refractivity contribution >= 4 is 28.3 Å². The maximum Gasteiger partial charge on any atom is 0.339 e. The quantitative estimate of drug-likeness (QED) is 0.729. The zero-order valence-electron chi connectivity index (χ0n) is 13.1. The zero-order chi connectivity index (χ0) is 17.2. The first-order chi connectivity index (χ1) is 12.2. The lowest BCUT2D eigenvalue weighted by Crippen LogP contribution is -2.23. The zero-order valence-corrected chi connectivity index (χ0v) is 14.0. The number of amides is 1. The van der Waals surface area contributed by atoms with Crippen LogP contribution in [-0.2, 0) is 11.2 Å². The van der Waals surface area contributed by atoms with Gasteiger partial charge in [-0.3, -0.25) is 10.1 Å². The maximum atomic E-state index is 12.4. The van der Waals surface area contributed by atoms with E-state index in [4.69, 9.17) is 4.74 Å². The number of aromatic nitrogens is 1. The van der Waals surface area contributed by atoms with Crippen molar-refractivity contribution in [3.8, 4) is 0 Å². The molecule has 1 aromatic heterocycles. The van der Waals surface area contributed by atoms with E-state index in [1.54, 1.807) is 29.8 Å². The van der Waals surface area contributed by atoms with Crippen LogP contribution in [0, 0.1) is 0 Å². The van der Waals surface area contributed by atoms with Crippen LogP contribution >= 0.6 is 11.3 Å². The SMILES string of the molecule is O=C(Nc1nccs1)c1ccc2c(c1)C[C@@H](c1ccccc1)OC2=O. The van der Waals surface area contributed by atoms with E-state index in [1.807, 2.05) is 30.3 Å². The highest BCUT2D eigenvalue weighted by atomic mass is 32.1. The summed E-state index contributed by atoms with van der Waals surface area (Å²) in [5.74, 6) is -0.602. The number of esters is 1. The highest BCUT2D eigenvalue weighted by Crippen LogP contribution is 2.31. The summed E-state index contributed by atoms with van der Waals surface area (Å²) in [4.78, 5) is 28.7. The molecular formula is C19H14N2O3S. The third-order valence-corrected chi connectivity index (χ3v) is 4.75. The molecule has 6 heteroatoms. The van der Waals surface area contributed by atoms with E-state index < -0.39 is 0 Å². The predicted molar refractivity (Wildman–Crippen MR) is 94.8 cm³/mol. The Hall–Kier alpha value is -2.99. The Balaban J connectivity index is 1.61. The number of cyclic esters (lactones) is 1. The molecular weight excluding hydrogens is 336 g/mol. The lowest BCUT2D eigenvalue weighted by Gasteiger charge is -2.25. The first kappa shape index (κ1) is 15.5. The second-order valence-electron chi connectivity index (χ2n) is 5.67. The topological polar surface area (TPSA) is 68.3 Å². The largest absolute Gasteiger partial charge is 0.454 e. The van der Waals surface area contributed by atoms with Crippen molar-refractivity contribution in [1.29, 1.82) is 0 Å². The summed E-state index contributed by atoms with van der Waals surface area (Å²) in [6.45, 7) is 0. The summed E-state index contributed by atoms with van der Waals surface area (Å²) in [6, 6.07) is 14.6. The number of hydrogen-bond acceptors (Lipinski definition) is 5. The van der Waals surface area contributed by atoms with Crippen molar-refractivity contribution < 1.29 is 14.3 Å². The van der Waals surface area contributed by atoms with Gasteiger partial charge in [0, 0.05) is 23.6 Å². The number of ether oxygens (including phenoxy) is 1. The lowest BCUT2D eigenvalue weighted by molar-refractivity contribution is 0.0252. The fraction of sp³-hybridized carbons (Fsp3) is 0.105. The van der Waals surface area contributed by atoms with Gasteiger partial charge in [-0.1, -0.05) is 30.3 Å². The summed E-state index contributed by atoms with van der Waals surface area (Å²) < 4.78 is 5.54. The van der Waals surface area contributed by atoms with Crippen LogP contribution in [0.1, 0.15) is 37.9 Å². The fourth-order valence-electron chi connectivity index (χ4n) is 2.85. The maximum absolute atomic E-state index is 12.4. The normalized spacial score (nSPS) is 16.0. The number of hydrogen-bond donors (Lipinski definition) is 1. The highest BCUT2D eigenvalue weighted by Gasteiger charge is 2.28. The molecule has 1 atom stereocenters. The molecule has 124 valence electrons. The number of fused-ring (bicyclic) bond motifs is 1. The first-order valence-corrected chi connectivity index (χ1v) is 8.68. The van der Waals surface area contributed by atoms with Crippen molar-refractivity contribution in [2.45, 2.75) is 12.5 Å². The van der Waals surface area contributed by atoms with E-state index in [2.05, 4.69) is 10.3 Å². The van der Waals surface area contributed by atoms with Gasteiger partial charge in [0.25, 0.3) is 5.91 Å². The van der Waals surface area contributed by atoms with E-state index in [0.29, 0.717) is 22.7 Å². The molecule has 1 N–H and O–H groups in total. The second kappa shape index (κ2) is 6.49. The van der Waals surface area contributed by atoms with Gasteiger partial charge in [-0.25, -0.2) is 9.78 Å². The standard InChI is InChI=1S/C19H14N2O3S/c22-17(21-19-20-8-9-25-19)13-6-7-15-14(10-13)11-16(24-18(15)23)12-4-2-1-3-5-12/h1-10,16H,11H2,(H,20,21,22)/t16-/m0/s1. The second-order valence-corrected chi connectivity index (χ2v) is 6.57. The number of rotatable bonds is 3. The van der Waals surface area contributed by atoms with E-state index in [-0.39, 0.29) is 18.0 Å². The molecule has 0 fully saturated rings. The van der Waals surface area contributed by atoms with Gasteiger partial charge in [0.15, 0.2) is 5.13 Å². The summed E-state index contributed by atoms with van der Waals surface area (Å²) >= 11 is 1.36. The molecule has 0 saturated heterocycles. The van der Waals surface area contributed by atoms with Crippen LogP contribution in [0.15, 0.2) is 60.1 Å². The van der Waals surface area contributed by atoms with Crippen molar-refractivity contribution in [2.75, 3.05) is 5.32 Å². The minimum atomic E-state index is -0.359. The molecule has 2 aromatic carbocycles. The predicted octanol–water partition coefficient (Wildman–Crippen LogP) is 3.85. The van der Waals surface area contributed by atoms with Gasteiger partial charge in [0.1, 0.15) is 6.10 Å². The Morgan fingerprint density at radius 1 is 1.20 bits per heavy atom. The van der Waals surface area contributed by atoms with Crippen LogP contribution in [0.5, 0.6) is 0 Å². The third-order valence-electron chi connectivity index (χ3n) is 4.07. The van der Waals surface area contributed by atoms with E-state index in [9.17, 15) is 9.59 Å². The molecule has 0 aliphatic carbocycles. The van der Waals surface area contributed by atoms with Gasteiger partial charge in [-0.2, -0.15) is 0 Å². The molecule has 25 heavy (non-hydrogen) atoms. The van der Waals surface area contributed by atoms with E-state index >= 15 is 0 Å². The minimum absolute atomic E-state index is 0.243. The molecule has 0 spiro atoms. The van der Waals surface area contributed by atoms with Gasteiger partial charge in [0.05, 0.1) is 5.56 Å². The van der Waals surface area contributed by atoms with Gasteiger partial charge in [-0.15, -0.1) is 11.3 Å². The van der Waals surface area contributed by atoms with Gasteiger partial charge >= 0.3 is 5.97 Å². The molecule has 4 rings (SSSR count). The number of carbonyl (C=O) groups is 2. The Labute approximate surface area is 148 Å².